The van der Waals surface area contributed by atoms with E-state index in [4.69, 9.17) is 4.74 Å². The minimum Gasteiger partial charge on any atom is -0.385 e. The molecule has 3 rings (SSSR count). The van der Waals surface area contributed by atoms with Crippen molar-refractivity contribution in [1.82, 2.24) is 0 Å². The number of rotatable bonds is 10. The molecule has 0 aliphatic heterocycles. The summed E-state index contributed by atoms with van der Waals surface area (Å²) in [4.78, 5) is 27.0. The summed E-state index contributed by atoms with van der Waals surface area (Å²) < 4.78 is 5.55. The summed E-state index contributed by atoms with van der Waals surface area (Å²) in [5.41, 5.74) is 0.323. The van der Waals surface area contributed by atoms with Crippen LogP contribution in [0.1, 0.15) is 121 Å². The van der Waals surface area contributed by atoms with Crippen molar-refractivity contribution >= 4 is 11.6 Å². The number of carbonyl (C=O) groups excluding carboxylic acids is 2. The molecule has 6 atom stereocenters. The monoisotopic (exact) mass is 537 g/mol. The molecule has 0 saturated heterocycles. The highest BCUT2D eigenvalue weighted by atomic mass is 16.5. The molecular formula is C35H55NO3. The number of methoxy groups -OCH3 is 1. The molecular weight excluding hydrogens is 482 g/mol. The second-order valence-corrected chi connectivity index (χ2v) is 15.6. The zero-order valence-corrected chi connectivity index (χ0v) is 26.8. The topological polar surface area (TPSA) is 67.2 Å². The molecule has 3 aliphatic carbocycles. The fourth-order valence-electron chi connectivity index (χ4n) is 8.45. The number of ketones is 2. The summed E-state index contributed by atoms with van der Waals surface area (Å²) in [5, 5.41) is 9.89. The van der Waals surface area contributed by atoms with E-state index in [0.717, 1.165) is 50.7 Å². The molecule has 0 radical (unpaired) electrons. The molecule has 1 fully saturated rings. The van der Waals surface area contributed by atoms with Crippen molar-refractivity contribution in [2.24, 2.45) is 44.3 Å². The van der Waals surface area contributed by atoms with Gasteiger partial charge in [0.15, 0.2) is 11.6 Å². The molecule has 0 amide bonds. The molecule has 0 N–H and O–H groups in total. The Kier molecular flexibility index (Phi) is 8.63. The third-order valence-corrected chi connectivity index (χ3v) is 12.5. The normalized spacial score (nSPS) is 35.7. The molecule has 0 aromatic rings. The molecule has 0 spiro atoms. The van der Waals surface area contributed by atoms with Crippen LogP contribution in [0.4, 0.5) is 0 Å². The Hall–Kier alpha value is -1.73. The summed E-state index contributed by atoms with van der Waals surface area (Å²) >= 11 is 0. The standard InChI is InChI=1S/C35H55NO3/c1-12-30(3,4)15-16-32(7,19-20-39-11)17-18-34(9)24(2)26(37)21-28-33(8)22-25(23-36)29(38)31(5,6)27(33)13-14-35(28,34)10/h21-22,24,27H,12-20H2,1-11H3/t24?,27-,32-,33-,34+,35+/m0/s1. The van der Waals surface area contributed by atoms with Crippen LogP contribution in [-0.4, -0.2) is 25.3 Å². The number of allylic oxidation sites excluding steroid dienone is 4. The molecule has 1 saturated carbocycles. The highest BCUT2D eigenvalue weighted by Gasteiger charge is 2.64. The first-order valence-corrected chi connectivity index (χ1v) is 15.3. The van der Waals surface area contributed by atoms with Gasteiger partial charge in [0.25, 0.3) is 0 Å². The van der Waals surface area contributed by atoms with Gasteiger partial charge in [-0.2, -0.15) is 5.26 Å². The number of hydrogen-bond acceptors (Lipinski definition) is 4. The van der Waals surface area contributed by atoms with Crippen molar-refractivity contribution in [3.05, 3.63) is 23.3 Å². The second-order valence-electron chi connectivity index (χ2n) is 15.6. The van der Waals surface area contributed by atoms with E-state index in [1.807, 2.05) is 26.0 Å². The van der Waals surface area contributed by atoms with Crippen molar-refractivity contribution in [3.8, 4) is 6.07 Å². The summed E-state index contributed by atoms with van der Waals surface area (Å²) in [6.45, 7) is 23.2. The van der Waals surface area contributed by atoms with Crippen LogP contribution in [0.3, 0.4) is 0 Å². The maximum absolute atomic E-state index is 13.7. The van der Waals surface area contributed by atoms with E-state index in [1.165, 1.54) is 12.8 Å². The molecule has 1 unspecified atom stereocenters. The van der Waals surface area contributed by atoms with Gasteiger partial charge >= 0.3 is 0 Å². The maximum atomic E-state index is 13.7. The Morgan fingerprint density at radius 3 is 2.26 bits per heavy atom. The fraction of sp³-hybridized carbons (Fsp3) is 0.800. The number of fused-ring (bicyclic) bond motifs is 3. The van der Waals surface area contributed by atoms with E-state index in [9.17, 15) is 14.9 Å². The van der Waals surface area contributed by atoms with E-state index >= 15 is 0 Å². The molecule has 0 bridgehead atoms. The van der Waals surface area contributed by atoms with Crippen molar-refractivity contribution in [2.75, 3.05) is 13.7 Å². The largest absolute Gasteiger partial charge is 0.385 e. The quantitative estimate of drug-likeness (QED) is 0.280. The van der Waals surface area contributed by atoms with Gasteiger partial charge in [0.2, 0.25) is 0 Å². The van der Waals surface area contributed by atoms with Gasteiger partial charge in [-0.3, -0.25) is 9.59 Å². The Balaban J connectivity index is 2.04. The third-order valence-electron chi connectivity index (χ3n) is 12.5. The van der Waals surface area contributed by atoms with Gasteiger partial charge in [0.05, 0.1) is 5.57 Å². The first kappa shape index (κ1) is 31.8. The van der Waals surface area contributed by atoms with Crippen LogP contribution in [0.2, 0.25) is 0 Å². The van der Waals surface area contributed by atoms with Crippen molar-refractivity contribution in [3.63, 3.8) is 0 Å². The number of nitrogens with zero attached hydrogens (tertiary/aromatic N) is 1. The molecule has 218 valence electrons. The Morgan fingerprint density at radius 1 is 1.05 bits per heavy atom. The van der Waals surface area contributed by atoms with Crippen molar-refractivity contribution in [2.45, 2.75) is 121 Å². The lowest BCUT2D eigenvalue weighted by molar-refractivity contribution is -0.137. The maximum Gasteiger partial charge on any atom is 0.178 e. The minimum atomic E-state index is -0.635. The lowest BCUT2D eigenvalue weighted by Crippen LogP contribution is -2.59. The van der Waals surface area contributed by atoms with Gasteiger partial charge in [0, 0.05) is 30.5 Å². The van der Waals surface area contributed by atoms with Crippen LogP contribution in [0.15, 0.2) is 23.3 Å². The number of hydrogen-bond donors (Lipinski definition) is 0. The zero-order valence-electron chi connectivity index (χ0n) is 26.8. The molecule has 4 nitrogen and oxygen atoms in total. The SMILES string of the molecule is CCC(C)(C)CC[C@](C)(CCOC)CC[C@]1(C)C(C)C(=O)C=C2[C@@]3(C)C=C(C#N)C(=O)C(C)(C)[C@@H]3CC[C@]21C. The Morgan fingerprint density at radius 2 is 1.69 bits per heavy atom. The third kappa shape index (κ3) is 5.23. The smallest absolute Gasteiger partial charge is 0.178 e. The fourth-order valence-corrected chi connectivity index (χ4v) is 8.45. The van der Waals surface area contributed by atoms with Crippen LogP contribution >= 0.6 is 0 Å². The highest BCUT2D eigenvalue weighted by Crippen LogP contribution is 2.70. The number of carbonyl (C=O) groups is 2. The van der Waals surface area contributed by atoms with Crippen molar-refractivity contribution < 1.29 is 14.3 Å². The van der Waals surface area contributed by atoms with Crippen LogP contribution in [0, 0.1) is 55.7 Å². The Bertz CT molecular complexity index is 1090. The van der Waals surface area contributed by atoms with E-state index in [1.54, 1.807) is 7.11 Å². The summed E-state index contributed by atoms with van der Waals surface area (Å²) in [5.74, 6) is 0.128. The van der Waals surface area contributed by atoms with Gasteiger partial charge < -0.3 is 4.74 Å². The first-order valence-electron chi connectivity index (χ1n) is 15.3. The molecule has 3 aliphatic rings. The van der Waals surface area contributed by atoms with E-state index < -0.39 is 10.8 Å². The minimum absolute atomic E-state index is 0.0566. The van der Waals surface area contributed by atoms with Crippen molar-refractivity contribution in [1.29, 1.82) is 5.26 Å². The predicted molar refractivity (Wildman–Crippen MR) is 159 cm³/mol. The molecule has 4 heteroatoms. The van der Waals surface area contributed by atoms with Crippen LogP contribution < -0.4 is 0 Å². The van der Waals surface area contributed by atoms with Gasteiger partial charge in [-0.1, -0.05) is 87.3 Å². The van der Waals surface area contributed by atoms with Crippen LogP contribution in [0.25, 0.3) is 0 Å². The average Bonchev–Trinajstić information content (AvgIpc) is 2.88. The van der Waals surface area contributed by atoms with Gasteiger partial charge in [-0.25, -0.2) is 0 Å². The number of Topliss-reactive ketones (excluding diaryl/α,β-unsaturated/α-hetero) is 1. The average molecular weight is 538 g/mol. The van der Waals surface area contributed by atoms with E-state index in [0.29, 0.717) is 5.41 Å². The van der Waals surface area contributed by atoms with Gasteiger partial charge in [-0.05, 0) is 78.6 Å². The highest BCUT2D eigenvalue weighted by molar-refractivity contribution is 6.04. The van der Waals surface area contributed by atoms with Crippen LogP contribution in [-0.2, 0) is 14.3 Å². The van der Waals surface area contributed by atoms with E-state index in [2.05, 4.69) is 61.5 Å². The summed E-state index contributed by atoms with van der Waals surface area (Å²) in [7, 11) is 1.79. The predicted octanol–water partition coefficient (Wildman–Crippen LogP) is 8.66. The summed E-state index contributed by atoms with van der Waals surface area (Å²) in [6, 6.07) is 2.20. The molecule has 39 heavy (non-hydrogen) atoms. The van der Waals surface area contributed by atoms with Gasteiger partial charge in [-0.15, -0.1) is 0 Å². The first-order chi connectivity index (χ1) is 17.9. The Labute approximate surface area is 239 Å². The lowest BCUT2D eigenvalue weighted by Gasteiger charge is -2.64. The molecule has 0 aromatic carbocycles. The second kappa shape index (κ2) is 10.6. The van der Waals surface area contributed by atoms with E-state index in [-0.39, 0.29) is 45.2 Å². The van der Waals surface area contributed by atoms with Gasteiger partial charge in [0.1, 0.15) is 6.07 Å². The lowest BCUT2D eigenvalue weighted by atomic mass is 9.39. The van der Waals surface area contributed by atoms with Crippen LogP contribution in [0.5, 0.6) is 0 Å². The summed E-state index contributed by atoms with van der Waals surface area (Å²) in [6.07, 6.45) is 12.3. The number of nitriles is 1. The number of ether oxygens (including phenoxy) is 1. The zero-order chi connectivity index (χ0) is 29.7. The molecule has 0 heterocycles. The molecule has 0 aromatic heterocycles.